The molecule has 2 aromatic carbocycles. The molecule has 5 rings (SSSR count). The predicted molar refractivity (Wildman–Crippen MR) is 138 cm³/mol. The lowest BCUT2D eigenvalue weighted by atomic mass is 9.92. The number of hydrogen-bond donors (Lipinski definition) is 0. The highest BCUT2D eigenvalue weighted by atomic mass is 16.5. The van der Waals surface area contributed by atoms with Crippen molar-refractivity contribution in [3.63, 3.8) is 0 Å². The summed E-state index contributed by atoms with van der Waals surface area (Å²) in [4.78, 5) is 14.3. The first-order valence-corrected chi connectivity index (χ1v) is 12.1. The van der Waals surface area contributed by atoms with Crippen LogP contribution in [0, 0.1) is 20.8 Å². The Morgan fingerprint density at radius 3 is 2.24 bits per heavy atom. The third-order valence-electron chi connectivity index (χ3n) is 7.23. The molecule has 0 bridgehead atoms. The van der Waals surface area contributed by atoms with Crippen molar-refractivity contribution in [1.29, 1.82) is 0 Å². The molecule has 0 spiro atoms. The van der Waals surface area contributed by atoms with E-state index in [2.05, 4.69) is 49.4 Å². The van der Waals surface area contributed by atoms with Crippen molar-refractivity contribution in [3.8, 4) is 22.9 Å². The van der Waals surface area contributed by atoms with Gasteiger partial charge in [-0.25, -0.2) is 9.97 Å². The highest BCUT2D eigenvalue weighted by molar-refractivity contribution is 5.70. The number of anilines is 2. The standard InChI is InChI=1S/C28H34N4O2/c1-18-19(2)26-23(17-28(4,5)34-26)20(3)25(18)32-15-13-31(14-16-32)24-11-12-29-27(30-24)21-7-9-22(33-6)10-8-21/h7-12H,13-17H2,1-6H3. The minimum Gasteiger partial charge on any atom is -0.497 e. The number of rotatable bonds is 4. The van der Waals surface area contributed by atoms with Crippen LogP contribution in [-0.2, 0) is 6.42 Å². The van der Waals surface area contributed by atoms with Gasteiger partial charge in [-0.3, -0.25) is 0 Å². The fraction of sp³-hybridized carbons (Fsp3) is 0.429. The van der Waals surface area contributed by atoms with Crippen molar-refractivity contribution in [2.45, 2.75) is 46.6 Å². The van der Waals surface area contributed by atoms with Crippen LogP contribution in [0.2, 0.25) is 0 Å². The molecule has 1 saturated heterocycles. The van der Waals surface area contributed by atoms with E-state index in [-0.39, 0.29) is 5.60 Å². The molecular formula is C28H34N4O2. The Labute approximate surface area is 202 Å². The molecule has 3 heterocycles. The van der Waals surface area contributed by atoms with Gasteiger partial charge in [-0.2, -0.15) is 0 Å². The molecule has 1 fully saturated rings. The van der Waals surface area contributed by atoms with Gasteiger partial charge in [-0.15, -0.1) is 0 Å². The third kappa shape index (κ3) is 3.95. The number of methoxy groups -OCH3 is 1. The molecule has 0 atom stereocenters. The Hall–Kier alpha value is -3.28. The summed E-state index contributed by atoms with van der Waals surface area (Å²) in [6.45, 7) is 14.9. The van der Waals surface area contributed by atoms with Crippen LogP contribution in [0.3, 0.4) is 0 Å². The first kappa shape index (κ1) is 22.5. The van der Waals surface area contributed by atoms with Crippen LogP contribution in [0.15, 0.2) is 36.5 Å². The average molecular weight is 459 g/mol. The van der Waals surface area contributed by atoms with E-state index >= 15 is 0 Å². The molecule has 6 heteroatoms. The zero-order chi connectivity index (χ0) is 24.0. The highest BCUT2D eigenvalue weighted by Crippen LogP contribution is 2.45. The molecule has 6 nitrogen and oxygen atoms in total. The topological polar surface area (TPSA) is 50.7 Å². The molecule has 3 aromatic rings. The average Bonchev–Trinajstić information content (AvgIpc) is 3.19. The van der Waals surface area contributed by atoms with Crippen molar-refractivity contribution in [3.05, 3.63) is 58.8 Å². The zero-order valence-electron chi connectivity index (χ0n) is 21.1. The number of fused-ring (bicyclic) bond motifs is 1. The van der Waals surface area contributed by atoms with Crippen molar-refractivity contribution >= 4 is 11.5 Å². The second-order valence-electron chi connectivity index (χ2n) is 10.0. The summed E-state index contributed by atoms with van der Waals surface area (Å²) < 4.78 is 11.6. The van der Waals surface area contributed by atoms with E-state index in [1.54, 1.807) is 7.11 Å². The fourth-order valence-electron chi connectivity index (χ4n) is 5.30. The van der Waals surface area contributed by atoms with E-state index in [1.165, 1.54) is 27.9 Å². The molecule has 34 heavy (non-hydrogen) atoms. The van der Waals surface area contributed by atoms with Crippen LogP contribution in [0.1, 0.15) is 36.1 Å². The normalized spacial score (nSPS) is 16.9. The van der Waals surface area contributed by atoms with Gasteiger partial charge in [0.05, 0.1) is 7.11 Å². The highest BCUT2D eigenvalue weighted by Gasteiger charge is 2.35. The van der Waals surface area contributed by atoms with E-state index in [4.69, 9.17) is 14.5 Å². The molecule has 0 aliphatic carbocycles. The summed E-state index contributed by atoms with van der Waals surface area (Å²) >= 11 is 0. The second-order valence-corrected chi connectivity index (χ2v) is 10.0. The van der Waals surface area contributed by atoms with Gasteiger partial charge in [0.2, 0.25) is 0 Å². The lowest BCUT2D eigenvalue weighted by Crippen LogP contribution is -2.47. The first-order chi connectivity index (χ1) is 16.3. The molecule has 2 aliphatic rings. The Morgan fingerprint density at radius 2 is 1.56 bits per heavy atom. The van der Waals surface area contributed by atoms with Gasteiger partial charge < -0.3 is 19.3 Å². The number of aromatic nitrogens is 2. The van der Waals surface area contributed by atoms with Crippen molar-refractivity contribution in [1.82, 2.24) is 9.97 Å². The molecule has 1 aromatic heterocycles. The van der Waals surface area contributed by atoms with E-state index in [0.717, 1.165) is 61.3 Å². The van der Waals surface area contributed by atoms with Gasteiger partial charge in [-0.05, 0) is 81.6 Å². The monoisotopic (exact) mass is 458 g/mol. The second kappa shape index (κ2) is 8.49. The molecule has 178 valence electrons. The van der Waals surface area contributed by atoms with Crippen LogP contribution >= 0.6 is 0 Å². The first-order valence-electron chi connectivity index (χ1n) is 12.1. The Morgan fingerprint density at radius 1 is 0.882 bits per heavy atom. The van der Waals surface area contributed by atoms with E-state index in [1.807, 2.05) is 36.5 Å². The molecule has 0 N–H and O–H groups in total. The number of ether oxygens (including phenoxy) is 2. The molecule has 0 unspecified atom stereocenters. The van der Waals surface area contributed by atoms with E-state index < -0.39 is 0 Å². The van der Waals surface area contributed by atoms with Crippen LogP contribution in [0.4, 0.5) is 11.5 Å². The smallest absolute Gasteiger partial charge is 0.161 e. The summed E-state index contributed by atoms with van der Waals surface area (Å²) in [6, 6.07) is 9.91. The minimum absolute atomic E-state index is 0.129. The quantitative estimate of drug-likeness (QED) is 0.541. The van der Waals surface area contributed by atoms with Gasteiger partial charge in [0.25, 0.3) is 0 Å². The maximum Gasteiger partial charge on any atom is 0.161 e. The summed E-state index contributed by atoms with van der Waals surface area (Å²) in [7, 11) is 1.67. The maximum atomic E-state index is 6.32. The SMILES string of the molecule is COc1ccc(-c2nccc(N3CCN(c4c(C)c(C)c5c(c4C)CC(C)(C)O5)CC3)n2)cc1. The van der Waals surface area contributed by atoms with Gasteiger partial charge in [0.15, 0.2) is 5.82 Å². The van der Waals surface area contributed by atoms with Crippen LogP contribution in [0.25, 0.3) is 11.4 Å². The molecule has 0 radical (unpaired) electrons. The Bertz CT molecular complexity index is 1210. The lowest BCUT2D eigenvalue weighted by molar-refractivity contribution is 0.137. The zero-order valence-corrected chi connectivity index (χ0v) is 21.1. The minimum atomic E-state index is -0.129. The van der Waals surface area contributed by atoms with Crippen LogP contribution < -0.4 is 19.3 Å². The lowest BCUT2D eigenvalue weighted by Gasteiger charge is -2.38. The Balaban J connectivity index is 1.35. The molecule has 0 amide bonds. The largest absolute Gasteiger partial charge is 0.497 e. The third-order valence-corrected chi connectivity index (χ3v) is 7.23. The van der Waals surface area contributed by atoms with E-state index in [0.29, 0.717) is 0 Å². The molecule has 2 aliphatic heterocycles. The summed E-state index contributed by atoms with van der Waals surface area (Å²) in [5.74, 6) is 3.66. The summed E-state index contributed by atoms with van der Waals surface area (Å²) in [5.41, 5.74) is 7.63. The van der Waals surface area contributed by atoms with Gasteiger partial charge in [-0.1, -0.05) is 0 Å². The summed E-state index contributed by atoms with van der Waals surface area (Å²) in [6.07, 6.45) is 2.82. The van der Waals surface area contributed by atoms with Gasteiger partial charge in [0, 0.05) is 55.6 Å². The number of benzene rings is 2. The van der Waals surface area contributed by atoms with Crippen molar-refractivity contribution in [2.75, 3.05) is 43.1 Å². The number of hydrogen-bond acceptors (Lipinski definition) is 6. The Kier molecular flexibility index (Phi) is 5.62. The predicted octanol–water partition coefficient (Wildman–Crippen LogP) is 5.12. The van der Waals surface area contributed by atoms with Gasteiger partial charge in [0.1, 0.15) is 22.9 Å². The number of piperazine rings is 1. The van der Waals surface area contributed by atoms with Crippen LogP contribution in [0.5, 0.6) is 11.5 Å². The van der Waals surface area contributed by atoms with E-state index in [9.17, 15) is 0 Å². The van der Waals surface area contributed by atoms with Gasteiger partial charge >= 0.3 is 0 Å². The van der Waals surface area contributed by atoms with Crippen LogP contribution in [-0.4, -0.2) is 48.9 Å². The fourth-order valence-corrected chi connectivity index (χ4v) is 5.30. The number of nitrogens with zero attached hydrogens (tertiary/aromatic N) is 4. The van der Waals surface area contributed by atoms with Crippen molar-refractivity contribution < 1.29 is 9.47 Å². The maximum absolute atomic E-state index is 6.32. The van der Waals surface area contributed by atoms with Crippen molar-refractivity contribution in [2.24, 2.45) is 0 Å². The molecule has 0 saturated carbocycles. The summed E-state index contributed by atoms with van der Waals surface area (Å²) in [5, 5.41) is 0. The molecular weight excluding hydrogens is 424 g/mol.